The molecule has 0 radical (unpaired) electrons. The van der Waals surface area contributed by atoms with Gasteiger partial charge in [0.2, 0.25) is 0 Å². The maximum atomic E-state index is 11.7. The molecule has 20 heavy (non-hydrogen) atoms. The molecule has 2 rings (SSSR count). The van der Waals surface area contributed by atoms with Gasteiger partial charge in [-0.2, -0.15) is 0 Å². The van der Waals surface area contributed by atoms with E-state index in [1.807, 2.05) is 0 Å². The topological polar surface area (TPSA) is 64.3 Å². The number of hydrogen-bond donors (Lipinski definition) is 2. The van der Waals surface area contributed by atoms with E-state index in [-0.39, 0.29) is 12.5 Å². The second-order valence-electron chi connectivity index (χ2n) is 4.00. The second kappa shape index (κ2) is 6.50. The molecule has 0 saturated carbocycles. The first-order valence-electron chi connectivity index (χ1n) is 5.78. The zero-order valence-corrected chi connectivity index (χ0v) is 11.9. The van der Waals surface area contributed by atoms with Crippen LogP contribution in [0.3, 0.4) is 0 Å². The summed E-state index contributed by atoms with van der Waals surface area (Å²) in [6.07, 6.45) is 0. The van der Waals surface area contributed by atoms with Crippen LogP contribution in [0.2, 0.25) is 10.0 Å². The number of benzene rings is 2. The molecule has 0 unspecified atom stereocenters. The first-order chi connectivity index (χ1) is 9.56. The number of para-hydroxylation sites is 1. The van der Waals surface area contributed by atoms with Crippen molar-refractivity contribution in [2.45, 2.75) is 0 Å². The smallest absolute Gasteiger partial charge is 0.262 e. The summed E-state index contributed by atoms with van der Waals surface area (Å²) in [7, 11) is 0. The number of rotatable bonds is 4. The molecule has 0 atom stereocenters. The number of carbonyl (C=O) groups is 1. The van der Waals surface area contributed by atoms with Gasteiger partial charge in [0.15, 0.2) is 6.61 Å². The van der Waals surface area contributed by atoms with E-state index in [1.165, 1.54) is 0 Å². The summed E-state index contributed by atoms with van der Waals surface area (Å²) in [5, 5.41) is 3.55. The highest BCUT2D eigenvalue weighted by Crippen LogP contribution is 2.24. The van der Waals surface area contributed by atoms with Crippen LogP contribution < -0.4 is 15.8 Å². The fraction of sp³-hybridized carbons (Fsp3) is 0.0714. The third-order valence-electron chi connectivity index (χ3n) is 2.48. The average Bonchev–Trinajstić information content (AvgIpc) is 2.42. The van der Waals surface area contributed by atoms with Gasteiger partial charge in [0.1, 0.15) is 5.75 Å². The lowest BCUT2D eigenvalue weighted by molar-refractivity contribution is -0.118. The Morgan fingerprint density at radius 1 is 1.15 bits per heavy atom. The van der Waals surface area contributed by atoms with Crippen LogP contribution in [0.15, 0.2) is 42.5 Å². The largest absolute Gasteiger partial charge is 0.482 e. The minimum absolute atomic E-state index is 0.147. The van der Waals surface area contributed by atoms with E-state index in [0.29, 0.717) is 27.2 Å². The van der Waals surface area contributed by atoms with E-state index in [2.05, 4.69) is 5.32 Å². The summed E-state index contributed by atoms with van der Waals surface area (Å²) in [4.78, 5) is 11.7. The summed E-state index contributed by atoms with van der Waals surface area (Å²) in [5.74, 6) is 0.145. The molecule has 2 aromatic rings. The number of nitrogens with one attached hydrogen (secondary N) is 1. The van der Waals surface area contributed by atoms with E-state index >= 15 is 0 Å². The number of hydrogen-bond acceptors (Lipinski definition) is 3. The monoisotopic (exact) mass is 310 g/mol. The van der Waals surface area contributed by atoms with Crippen LogP contribution >= 0.6 is 23.2 Å². The number of carbonyl (C=O) groups excluding carboxylic acids is 1. The van der Waals surface area contributed by atoms with Crippen molar-refractivity contribution in [3.05, 3.63) is 52.5 Å². The lowest BCUT2D eigenvalue weighted by Crippen LogP contribution is -2.20. The molecule has 0 aliphatic carbocycles. The summed E-state index contributed by atoms with van der Waals surface area (Å²) in [5.41, 5.74) is 6.60. The van der Waals surface area contributed by atoms with Gasteiger partial charge < -0.3 is 15.8 Å². The third kappa shape index (κ3) is 3.79. The predicted molar refractivity (Wildman–Crippen MR) is 81.4 cm³/mol. The highest BCUT2D eigenvalue weighted by Gasteiger charge is 2.06. The molecule has 0 spiro atoms. The van der Waals surface area contributed by atoms with Crippen LogP contribution in [0.1, 0.15) is 0 Å². The van der Waals surface area contributed by atoms with E-state index in [1.54, 1.807) is 42.5 Å². The number of anilines is 2. The molecule has 0 aliphatic heterocycles. The molecule has 104 valence electrons. The van der Waals surface area contributed by atoms with Gasteiger partial charge in [-0.05, 0) is 30.3 Å². The van der Waals surface area contributed by atoms with Gasteiger partial charge in [-0.1, -0.05) is 35.3 Å². The Kier molecular flexibility index (Phi) is 4.71. The van der Waals surface area contributed by atoms with Crippen LogP contribution in [-0.4, -0.2) is 12.5 Å². The van der Waals surface area contributed by atoms with Crippen LogP contribution in [0.25, 0.3) is 0 Å². The van der Waals surface area contributed by atoms with Gasteiger partial charge in [0.05, 0.1) is 15.7 Å². The average molecular weight is 311 g/mol. The summed E-state index contributed by atoms with van der Waals surface area (Å²) < 4.78 is 5.32. The van der Waals surface area contributed by atoms with Gasteiger partial charge in [0, 0.05) is 5.69 Å². The summed E-state index contributed by atoms with van der Waals surface area (Å²) >= 11 is 11.7. The SMILES string of the molecule is Nc1cc(NC(=O)COc2ccccc2Cl)ccc1Cl. The van der Waals surface area contributed by atoms with Crippen molar-refractivity contribution in [1.29, 1.82) is 0 Å². The lowest BCUT2D eigenvalue weighted by Gasteiger charge is -2.09. The van der Waals surface area contributed by atoms with Gasteiger partial charge in [-0.25, -0.2) is 0 Å². The van der Waals surface area contributed by atoms with E-state index in [0.717, 1.165) is 0 Å². The Labute approximate surface area is 126 Å². The standard InChI is InChI=1S/C14H12Cl2N2O2/c15-10-6-5-9(7-12(10)17)18-14(19)8-20-13-4-2-1-3-11(13)16/h1-7H,8,17H2,(H,18,19). The molecule has 6 heteroatoms. The molecule has 0 fully saturated rings. The Hall–Kier alpha value is -1.91. The van der Waals surface area contributed by atoms with Crippen LogP contribution in [0, 0.1) is 0 Å². The Morgan fingerprint density at radius 3 is 2.60 bits per heavy atom. The quantitative estimate of drug-likeness (QED) is 0.848. The minimum atomic E-state index is -0.313. The van der Waals surface area contributed by atoms with E-state index < -0.39 is 0 Å². The molecular weight excluding hydrogens is 299 g/mol. The number of nitrogen functional groups attached to an aromatic ring is 1. The third-order valence-corrected chi connectivity index (χ3v) is 3.13. The lowest BCUT2D eigenvalue weighted by atomic mass is 10.3. The van der Waals surface area contributed by atoms with Crippen LogP contribution in [-0.2, 0) is 4.79 Å². The Bertz CT molecular complexity index is 632. The summed E-state index contributed by atoms with van der Waals surface area (Å²) in [6.45, 7) is -0.147. The van der Waals surface area contributed by atoms with Crippen molar-refractivity contribution in [2.24, 2.45) is 0 Å². The highest BCUT2D eigenvalue weighted by molar-refractivity contribution is 6.33. The number of amides is 1. The van der Waals surface area contributed by atoms with Crippen molar-refractivity contribution >= 4 is 40.5 Å². The van der Waals surface area contributed by atoms with Gasteiger partial charge >= 0.3 is 0 Å². The van der Waals surface area contributed by atoms with Crippen molar-refractivity contribution in [1.82, 2.24) is 0 Å². The second-order valence-corrected chi connectivity index (χ2v) is 4.82. The minimum Gasteiger partial charge on any atom is -0.482 e. The molecule has 0 aromatic heterocycles. The van der Waals surface area contributed by atoms with Crippen molar-refractivity contribution in [3.8, 4) is 5.75 Å². The zero-order valence-electron chi connectivity index (χ0n) is 10.4. The molecule has 1 amide bonds. The number of nitrogens with two attached hydrogens (primary N) is 1. The molecule has 0 bridgehead atoms. The van der Waals surface area contributed by atoms with Crippen molar-refractivity contribution in [3.63, 3.8) is 0 Å². The first kappa shape index (κ1) is 14.5. The molecule has 0 aliphatic rings. The van der Waals surface area contributed by atoms with Gasteiger partial charge in [0.25, 0.3) is 5.91 Å². The first-order valence-corrected chi connectivity index (χ1v) is 6.54. The van der Waals surface area contributed by atoms with E-state index in [4.69, 9.17) is 33.7 Å². The molecule has 3 N–H and O–H groups in total. The highest BCUT2D eigenvalue weighted by atomic mass is 35.5. The number of ether oxygens (including phenoxy) is 1. The maximum Gasteiger partial charge on any atom is 0.262 e. The normalized spacial score (nSPS) is 10.1. The molecule has 0 heterocycles. The Morgan fingerprint density at radius 2 is 1.90 bits per heavy atom. The maximum absolute atomic E-state index is 11.7. The fourth-order valence-corrected chi connectivity index (χ4v) is 1.83. The molecule has 4 nitrogen and oxygen atoms in total. The zero-order chi connectivity index (χ0) is 14.5. The fourth-order valence-electron chi connectivity index (χ4n) is 1.52. The van der Waals surface area contributed by atoms with Crippen molar-refractivity contribution in [2.75, 3.05) is 17.7 Å². The Balaban J connectivity index is 1.93. The molecular formula is C14H12Cl2N2O2. The van der Waals surface area contributed by atoms with Crippen LogP contribution in [0.5, 0.6) is 5.75 Å². The predicted octanol–water partition coefficient (Wildman–Crippen LogP) is 3.59. The number of halogens is 2. The van der Waals surface area contributed by atoms with E-state index in [9.17, 15) is 4.79 Å². The van der Waals surface area contributed by atoms with Crippen LogP contribution in [0.4, 0.5) is 11.4 Å². The van der Waals surface area contributed by atoms with Gasteiger partial charge in [-0.3, -0.25) is 4.79 Å². The van der Waals surface area contributed by atoms with Crippen molar-refractivity contribution < 1.29 is 9.53 Å². The molecule has 0 saturated heterocycles. The summed E-state index contributed by atoms with van der Waals surface area (Å²) in [6, 6.07) is 11.8. The molecule has 2 aromatic carbocycles. The van der Waals surface area contributed by atoms with Gasteiger partial charge in [-0.15, -0.1) is 0 Å².